The maximum absolute atomic E-state index is 8.89. The van der Waals surface area contributed by atoms with Crippen molar-refractivity contribution in [1.82, 2.24) is 14.9 Å². The van der Waals surface area contributed by atoms with Crippen LogP contribution in [0.15, 0.2) is 30.5 Å². The van der Waals surface area contributed by atoms with Crippen LogP contribution in [0.4, 0.5) is 0 Å². The first-order chi connectivity index (χ1) is 8.36. The summed E-state index contributed by atoms with van der Waals surface area (Å²) in [5, 5.41) is 12.2. The van der Waals surface area contributed by atoms with E-state index in [1.54, 1.807) is 6.07 Å². The molecule has 0 bridgehead atoms. The Balaban J connectivity index is 2.03. The van der Waals surface area contributed by atoms with Gasteiger partial charge in [0, 0.05) is 24.8 Å². The number of nitrogens with zero attached hydrogens (tertiary/aromatic N) is 3. The van der Waals surface area contributed by atoms with E-state index in [0.717, 1.165) is 36.7 Å². The van der Waals surface area contributed by atoms with Gasteiger partial charge in [-0.05, 0) is 12.1 Å². The molecule has 2 heterocycles. The summed E-state index contributed by atoms with van der Waals surface area (Å²) in [5.41, 5.74) is 2.62. The summed E-state index contributed by atoms with van der Waals surface area (Å²) in [6.45, 7) is 2.76. The van der Waals surface area contributed by atoms with Crippen LogP contribution in [0.3, 0.4) is 0 Å². The number of rotatable bonds is 1. The minimum absolute atomic E-state index is 0.673. The molecule has 0 fully saturated rings. The highest BCUT2D eigenvalue weighted by atomic mass is 15.1. The van der Waals surface area contributed by atoms with Crippen molar-refractivity contribution in [2.45, 2.75) is 13.1 Å². The molecule has 4 heteroatoms. The molecule has 1 aliphatic heterocycles. The molecule has 2 aromatic rings. The summed E-state index contributed by atoms with van der Waals surface area (Å²) < 4.78 is 2.17. The summed E-state index contributed by atoms with van der Waals surface area (Å²) in [4.78, 5) is 4.59. The molecule has 3 rings (SSSR count). The van der Waals surface area contributed by atoms with Gasteiger partial charge >= 0.3 is 0 Å². The highest BCUT2D eigenvalue weighted by Crippen LogP contribution is 2.20. The first-order valence-corrected chi connectivity index (χ1v) is 5.64. The Morgan fingerprint density at radius 3 is 3.18 bits per heavy atom. The van der Waals surface area contributed by atoms with Gasteiger partial charge in [-0.15, -0.1) is 0 Å². The van der Waals surface area contributed by atoms with Crippen molar-refractivity contribution in [3.8, 4) is 17.3 Å². The summed E-state index contributed by atoms with van der Waals surface area (Å²) >= 11 is 0. The van der Waals surface area contributed by atoms with E-state index in [2.05, 4.69) is 27.1 Å². The van der Waals surface area contributed by atoms with E-state index in [9.17, 15) is 0 Å². The molecule has 1 aromatic carbocycles. The third kappa shape index (κ3) is 1.81. The number of nitriles is 1. The molecule has 0 saturated carbocycles. The Labute approximate surface area is 99.5 Å². The van der Waals surface area contributed by atoms with Crippen LogP contribution in [-0.4, -0.2) is 16.1 Å². The van der Waals surface area contributed by atoms with E-state index in [1.165, 1.54) is 0 Å². The lowest BCUT2D eigenvalue weighted by Crippen LogP contribution is -2.27. The second kappa shape index (κ2) is 4.04. The van der Waals surface area contributed by atoms with Crippen LogP contribution < -0.4 is 5.32 Å². The Morgan fingerprint density at radius 2 is 2.35 bits per heavy atom. The van der Waals surface area contributed by atoms with Crippen LogP contribution >= 0.6 is 0 Å². The third-order valence-corrected chi connectivity index (χ3v) is 2.96. The number of hydrogen-bond donors (Lipinski definition) is 1. The molecule has 0 saturated heterocycles. The lowest BCUT2D eigenvalue weighted by atomic mass is 10.1. The second-order valence-electron chi connectivity index (χ2n) is 4.11. The predicted molar refractivity (Wildman–Crippen MR) is 64.1 cm³/mol. The Kier molecular flexibility index (Phi) is 2.39. The molecule has 17 heavy (non-hydrogen) atoms. The van der Waals surface area contributed by atoms with Gasteiger partial charge in [-0.1, -0.05) is 12.1 Å². The van der Waals surface area contributed by atoms with E-state index in [-0.39, 0.29) is 0 Å². The smallest absolute Gasteiger partial charge is 0.123 e. The fraction of sp³-hybridized carbons (Fsp3) is 0.231. The fourth-order valence-corrected chi connectivity index (χ4v) is 2.08. The molecule has 0 unspecified atom stereocenters. The van der Waals surface area contributed by atoms with Gasteiger partial charge in [0.1, 0.15) is 5.82 Å². The summed E-state index contributed by atoms with van der Waals surface area (Å²) in [6, 6.07) is 9.72. The summed E-state index contributed by atoms with van der Waals surface area (Å²) in [5.74, 6) is 1.06. The number of aromatic nitrogens is 2. The van der Waals surface area contributed by atoms with E-state index in [0.29, 0.717) is 5.56 Å². The minimum atomic E-state index is 0.673. The van der Waals surface area contributed by atoms with Gasteiger partial charge < -0.3 is 9.88 Å². The monoisotopic (exact) mass is 224 g/mol. The molecular formula is C13H12N4. The van der Waals surface area contributed by atoms with Crippen LogP contribution in [0.2, 0.25) is 0 Å². The highest BCUT2D eigenvalue weighted by molar-refractivity contribution is 5.61. The zero-order chi connectivity index (χ0) is 11.7. The number of hydrogen-bond acceptors (Lipinski definition) is 3. The first-order valence-electron chi connectivity index (χ1n) is 5.64. The lowest BCUT2D eigenvalue weighted by molar-refractivity contribution is 0.505. The molecule has 0 spiro atoms. The van der Waals surface area contributed by atoms with Crippen LogP contribution in [0.25, 0.3) is 11.3 Å². The Morgan fingerprint density at radius 1 is 1.41 bits per heavy atom. The molecule has 0 atom stereocenters. The van der Waals surface area contributed by atoms with Crippen molar-refractivity contribution in [3.05, 3.63) is 41.9 Å². The van der Waals surface area contributed by atoms with E-state index < -0.39 is 0 Å². The second-order valence-corrected chi connectivity index (χ2v) is 4.11. The quantitative estimate of drug-likeness (QED) is 0.799. The van der Waals surface area contributed by atoms with Crippen LogP contribution in [-0.2, 0) is 13.1 Å². The Bertz CT molecular complexity index is 568. The number of nitrogens with one attached hydrogen (secondary N) is 1. The summed E-state index contributed by atoms with van der Waals surface area (Å²) in [7, 11) is 0. The van der Waals surface area contributed by atoms with E-state index in [1.807, 2.05) is 18.2 Å². The van der Waals surface area contributed by atoms with Gasteiger partial charge in [0.15, 0.2) is 0 Å². The molecule has 1 aromatic heterocycles. The van der Waals surface area contributed by atoms with Gasteiger partial charge in [-0.25, -0.2) is 4.98 Å². The summed E-state index contributed by atoms with van der Waals surface area (Å²) in [6.07, 6.45) is 2.06. The zero-order valence-corrected chi connectivity index (χ0v) is 9.35. The van der Waals surface area contributed by atoms with Gasteiger partial charge in [0.05, 0.1) is 23.9 Å². The predicted octanol–water partition coefficient (Wildman–Crippen LogP) is 1.52. The van der Waals surface area contributed by atoms with Crippen molar-refractivity contribution in [2.75, 3.05) is 6.54 Å². The van der Waals surface area contributed by atoms with Gasteiger partial charge in [0.2, 0.25) is 0 Å². The van der Waals surface area contributed by atoms with Crippen LogP contribution in [0.5, 0.6) is 0 Å². The molecule has 84 valence electrons. The average molecular weight is 224 g/mol. The maximum atomic E-state index is 8.89. The fourth-order valence-electron chi connectivity index (χ4n) is 2.08. The Hall–Kier alpha value is -2.12. The molecule has 4 nitrogen and oxygen atoms in total. The SMILES string of the molecule is N#Cc1cccc(-c2cn3c(n2)CNCC3)c1. The molecule has 0 aliphatic carbocycles. The molecule has 1 N–H and O–H groups in total. The number of benzene rings is 1. The van der Waals surface area contributed by atoms with E-state index in [4.69, 9.17) is 5.26 Å². The normalized spacial score (nSPS) is 14.1. The third-order valence-electron chi connectivity index (χ3n) is 2.96. The van der Waals surface area contributed by atoms with Crippen LogP contribution in [0, 0.1) is 11.3 Å². The molecule has 0 radical (unpaired) electrons. The minimum Gasteiger partial charge on any atom is -0.332 e. The highest BCUT2D eigenvalue weighted by Gasteiger charge is 2.12. The van der Waals surface area contributed by atoms with Crippen molar-refractivity contribution < 1.29 is 0 Å². The van der Waals surface area contributed by atoms with Gasteiger partial charge in [-0.2, -0.15) is 5.26 Å². The molecule has 1 aliphatic rings. The van der Waals surface area contributed by atoms with E-state index >= 15 is 0 Å². The largest absolute Gasteiger partial charge is 0.332 e. The molecule has 0 amide bonds. The molecular weight excluding hydrogens is 212 g/mol. The van der Waals surface area contributed by atoms with Crippen LogP contribution in [0.1, 0.15) is 11.4 Å². The lowest BCUT2D eigenvalue weighted by Gasteiger charge is -2.13. The van der Waals surface area contributed by atoms with Gasteiger partial charge in [-0.3, -0.25) is 0 Å². The van der Waals surface area contributed by atoms with Crippen molar-refractivity contribution in [1.29, 1.82) is 5.26 Å². The topological polar surface area (TPSA) is 53.6 Å². The van der Waals surface area contributed by atoms with Crippen molar-refractivity contribution >= 4 is 0 Å². The van der Waals surface area contributed by atoms with Crippen molar-refractivity contribution in [3.63, 3.8) is 0 Å². The zero-order valence-electron chi connectivity index (χ0n) is 9.35. The average Bonchev–Trinajstić information content (AvgIpc) is 2.82. The standard InChI is InChI=1S/C13H12N4/c14-7-10-2-1-3-11(6-10)12-9-17-5-4-15-8-13(17)16-12/h1-3,6,9,15H,4-5,8H2. The maximum Gasteiger partial charge on any atom is 0.123 e. The van der Waals surface area contributed by atoms with Crippen molar-refractivity contribution in [2.24, 2.45) is 0 Å². The first kappa shape index (κ1) is 10.1. The van der Waals surface area contributed by atoms with Gasteiger partial charge in [0.25, 0.3) is 0 Å². The number of imidazole rings is 1. The number of fused-ring (bicyclic) bond motifs is 1.